The highest BCUT2D eigenvalue weighted by atomic mass is 16.7. The van der Waals surface area contributed by atoms with Gasteiger partial charge in [0.2, 0.25) is 0 Å². The van der Waals surface area contributed by atoms with E-state index < -0.39 is 27.0 Å². The third-order valence-electron chi connectivity index (χ3n) is 4.14. The number of unbranched alkanes of at least 4 members (excludes halogenated alkanes) is 4. The van der Waals surface area contributed by atoms with Crippen molar-refractivity contribution in [3.63, 3.8) is 0 Å². The van der Waals surface area contributed by atoms with E-state index in [0.717, 1.165) is 25.7 Å². The van der Waals surface area contributed by atoms with E-state index in [1.54, 1.807) is 0 Å². The molecule has 10 nitrogen and oxygen atoms in total. The van der Waals surface area contributed by atoms with Crippen molar-refractivity contribution < 1.29 is 19.6 Å². The minimum atomic E-state index is -3.36. The van der Waals surface area contributed by atoms with Crippen molar-refractivity contribution in [2.24, 2.45) is 0 Å². The maximum atomic E-state index is 10.8. The van der Waals surface area contributed by atoms with E-state index in [0.29, 0.717) is 25.7 Å². The number of rotatable bonds is 18. The quantitative estimate of drug-likeness (QED) is 0.102. The zero-order valence-electron chi connectivity index (χ0n) is 16.9. The predicted octanol–water partition coefficient (Wildman–Crippen LogP) is 4.71. The van der Waals surface area contributed by atoms with Gasteiger partial charge in [-0.05, 0) is 51.4 Å². The standard InChI is InChI=1S/C20H28N3O7/c24-19-17-15-13-11-9-7-5-3-1-2-4-6-8-10-12-14-16-18-20(21(25)26,22(27)28)23(29)30/h2-5,8-11H,1,6-7,12-18H2. The smallest absolute Gasteiger partial charge is 0.291 e. The van der Waals surface area contributed by atoms with Crippen LogP contribution in [-0.2, 0) is 4.79 Å². The summed E-state index contributed by atoms with van der Waals surface area (Å²) in [4.78, 5) is 38.1. The molecule has 0 rings (SSSR count). The molecule has 165 valence electrons. The first-order valence-electron chi connectivity index (χ1n) is 9.78. The summed E-state index contributed by atoms with van der Waals surface area (Å²) in [6.07, 6.45) is 22.6. The third kappa shape index (κ3) is 11.0. The van der Waals surface area contributed by atoms with Gasteiger partial charge >= 0.3 is 5.79 Å². The number of carbonyl (C=O) groups excluding carboxylic acids is 1. The molecule has 10 heteroatoms. The van der Waals surface area contributed by atoms with Crippen LogP contribution in [0.4, 0.5) is 0 Å². The summed E-state index contributed by atoms with van der Waals surface area (Å²) in [5.41, 5.74) is 0. The fourth-order valence-corrected chi connectivity index (χ4v) is 2.44. The van der Waals surface area contributed by atoms with Gasteiger partial charge in [0.25, 0.3) is 0 Å². The molecule has 1 radical (unpaired) electrons. The van der Waals surface area contributed by atoms with Crippen LogP contribution in [0.5, 0.6) is 0 Å². The summed E-state index contributed by atoms with van der Waals surface area (Å²) in [7, 11) is 0. The van der Waals surface area contributed by atoms with Crippen LogP contribution in [0, 0.1) is 30.3 Å². The Labute approximate surface area is 175 Å². The lowest BCUT2D eigenvalue weighted by Gasteiger charge is -2.08. The maximum Gasteiger partial charge on any atom is 0.699 e. The van der Waals surface area contributed by atoms with E-state index in [2.05, 4.69) is 24.3 Å². The van der Waals surface area contributed by atoms with Crippen molar-refractivity contribution in [1.29, 1.82) is 0 Å². The van der Waals surface area contributed by atoms with Gasteiger partial charge in [-0.15, -0.1) is 0 Å². The average Bonchev–Trinajstić information content (AvgIpc) is 2.69. The Morgan fingerprint density at radius 1 is 0.633 bits per heavy atom. The molecule has 0 aromatic rings. The highest BCUT2D eigenvalue weighted by Crippen LogP contribution is 2.21. The fourth-order valence-electron chi connectivity index (χ4n) is 2.44. The lowest BCUT2D eigenvalue weighted by Crippen LogP contribution is -2.53. The Balaban J connectivity index is 3.93. The minimum Gasteiger partial charge on any atom is -0.291 e. The largest absolute Gasteiger partial charge is 0.699 e. The first-order valence-corrected chi connectivity index (χ1v) is 9.78. The molecule has 0 fully saturated rings. The van der Waals surface area contributed by atoms with E-state index in [1.165, 1.54) is 0 Å². The SMILES string of the molecule is O=[C]CCCC=CCC=CCC=CCC=CCCCCC([N+](=O)[O-])([N+](=O)[O-])[N+](=O)[O-]. The molecule has 0 N–H and O–H groups in total. The molecule has 0 saturated heterocycles. The first kappa shape index (κ1) is 26.8. The van der Waals surface area contributed by atoms with Crippen LogP contribution in [0.25, 0.3) is 0 Å². The van der Waals surface area contributed by atoms with Gasteiger partial charge in [-0.1, -0.05) is 48.6 Å². The van der Waals surface area contributed by atoms with Gasteiger partial charge in [0.15, 0.2) is 27.5 Å². The molecule has 0 unspecified atom stereocenters. The Kier molecular flexibility index (Phi) is 15.0. The maximum absolute atomic E-state index is 10.8. The zero-order chi connectivity index (χ0) is 22.7. The molecule has 0 heterocycles. The van der Waals surface area contributed by atoms with Crippen LogP contribution < -0.4 is 0 Å². The van der Waals surface area contributed by atoms with Gasteiger partial charge in [0.1, 0.15) is 0 Å². The number of hydrogen-bond donors (Lipinski definition) is 0. The van der Waals surface area contributed by atoms with Crippen LogP contribution in [0.3, 0.4) is 0 Å². The third-order valence-corrected chi connectivity index (χ3v) is 4.14. The molecule has 0 aliphatic heterocycles. The summed E-state index contributed by atoms with van der Waals surface area (Å²) in [5, 5.41) is 32.4. The van der Waals surface area contributed by atoms with Crippen LogP contribution in [0.15, 0.2) is 48.6 Å². The van der Waals surface area contributed by atoms with Gasteiger partial charge in [-0.25, -0.2) is 0 Å². The van der Waals surface area contributed by atoms with Crippen molar-refractivity contribution in [1.82, 2.24) is 0 Å². The van der Waals surface area contributed by atoms with Gasteiger partial charge in [0, 0.05) is 6.42 Å². The molecular formula is C20H28N3O7. The number of nitro groups is 3. The Morgan fingerprint density at radius 2 is 1.03 bits per heavy atom. The molecule has 0 aromatic heterocycles. The van der Waals surface area contributed by atoms with Crippen LogP contribution in [-0.4, -0.2) is 26.8 Å². The lowest BCUT2D eigenvalue weighted by molar-refractivity contribution is -0.970. The van der Waals surface area contributed by atoms with Crippen molar-refractivity contribution in [2.75, 3.05) is 0 Å². The minimum absolute atomic E-state index is 0.0118. The van der Waals surface area contributed by atoms with E-state index in [9.17, 15) is 35.1 Å². The van der Waals surface area contributed by atoms with E-state index in [4.69, 9.17) is 0 Å². The number of nitrogens with zero attached hydrogens (tertiary/aromatic N) is 3. The van der Waals surface area contributed by atoms with Crippen molar-refractivity contribution in [3.05, 3.63) is 79.0 Å². The van der Waals surface area contributed by atoms with E-state index in [1.807, 2.05) is 30.6 Å². The molecule has 0 bridgehead atoms. The highest BCUT2D eigenvalue weighted by molar-refractivity contribution is 5.50. The first-order chi connectivity index (χ1) is 14.4. The zero-order valence-corrected chi connectivity index (χ0v) is 16.9. The molecule has 0 saturated carbocycles. The van der Waals surface area contributed by atoms with Crippen molar-refractivity contribution in [2.45, 2.75) is 70.0 Å². The number of hydrogen-bond acceptors (Lipinski definition) is 7. The molecule has 0 amide bonds. The van der Waals surface area contributed by atoms with Crippen molar-refractivity contribution in [3.8, 4) is 0 Å². The average molecular weight is 422 g/mol. The van der Waals surface area contributed by atoms with Gasteiger partial charge in [-0.3, -0.25) is 35.1 Å². The topological polar surface area (TPSA) is 146 Å². The summed E-state index contributed by atoms with van der Waals surface area (Å²) < 4.78 is 0. The normalized spacial score (nSPS) is 12.4. The monoisotopic (exact) mass is 422 g/mol. The second-order valence-electron chi connectivity index (χ2n) is 6.42. The Morgan fingerprint density at radius 3 is 1.43 bits per heavy atom. The van der Waals surface area contributed by atoms with Crippen LogP contribution >= 0.6 is 0 Å². The lowest BCUT2D eigenvalue weighted by atomic mass is 10.1. The molecule has 30 heavy (non-hydrogen) atoms. The fraction of sp³-hybridized carbons (Fsp3) is 0.550. The Hall–Kier alpha value is -3.17. The summed E-state index contributed by atoms with van der Waals surface area (Å²) >= 11 is 0. The molecule has 0 atom stereocenters. The van der Waals surface area contributed by atoms with Gasteiger partial charge < -0.3 is 0 Å². The Bertz CT molecular complexity index is 633. The van der Waals surface area contributed by atoms with Gasteiger partial charge in [0.05, 0.1) is 0 Å². The summed E-state index contributed by atoms with van der Waals surface area (Å²) in [6.45, 7) is 0. The van der Waals surface area contributed by atoms with Gasteiger partial charge in [-0.2, -0.15) is 0 Å². The molecule has 0 spiro atoms. The highest BCUT2D eigenvalue weighted by Gasteiger charge is 2.69. The van der Waals surface area contributed by atoms with Crippen molar-refractivity contribution >= 4 is 6.29 Å². The molecule has 0 aliphatic rings. The molecule has 0 aromatic carbocycles. The predicted molar refractivity (Wildman–Crippen MR) is 112 cm³/mol. The van der Waals surface area contributed by atoms with E-state index in [-0.39, 0.29) is 6.42 Å². The van der Waals surface area contributed by atoms with E-state index >= 15 is 0 Å². The second kappa shape index (κ2) is 16.8. The molecule has 0 aliphatic carbocycles. The van der Waals surface area contributed by atoms with Crippen LogP contribution in [0.2, 0.25) is 0 Å². The summed E-state index contributed by atoms with van der Waals surface area (Å²) in [6, 6.07) is 0. The second-order valence-corrected chi connectivity index (χ2v) is 6.42. The number of allylic oxidation sites excluding steroid dienone is 8. The molecular weight excluding hydrogens is 394 g/mol. The van der Waals surface area contributed by atoms with Crippen LogP contribution in [0.1, 0.15) is 64.2 Å². The summed E-state index contributed by atoms with van der Waals surface area (Å²) in [5.74, 6) is -3.36.